The first kappa shape index (κ1) is 22.4. The molecule has 2 aromatic rings. The van der Waals surface area contributed by atoms with Gasteiger partial charge in [0.05, 0.1) is 17.5 Å². The van der Waals surface area contributed by atoms with Crippen LogP contribution >= 0.6 is 12.4 Å². The molecule has 2 heterocycles. The molecule has 1 atom stereocenters. The fourth-order valence-corrected chi connectivity index (χ4v) is 4.64. The molecule has 0 bridgehead atoms. The number of hydrogen-bond donors (Lipinski definition) is 2. The third kappa shape index (κ3) is 6.61. The van der Waals surface area contributed by atoms with E-state index in [9.17, 15) is 13.2 Å². The molecule has 9 heteroatoms. The van der Waals surface area contributed by atoms with E-state index in [2.05, 4.69) is 15.7 Å². The number of piperidine rings is 1. The molecule has 2 N–H and O–H groups in total. The van der Waals surface area contributed by atoms with Gasteiger partial charge in [0, 0.05) is 19.3 Å². The lowest BCUT2D eigenvalue weighted by molar-refractivity contribution is 0.0947. The lowest BCUT2D eigenvalue weighted by Gasteiger charge is -2.22. The summed E-state index contributed by atoms with van der Waals surface area (Å²) in [5.41, 5.74) is 1.15. The molecule has 1 aromatic carbocycles. The first-order valence-electron chi connectivity index (χ1n) is 9.32. The van der Waals surface area contributed by atoms with E-state index < -0.39 is 9.84 Å². The Morgan fingerprint density at radius 1 is 1.25 bits per heavy atom. The second-order valence-corrected chi connectivity index (χ2v) is 9.05. The van der Waals surface area contributed by atoms with Crippen LogP contribution in [0, 0.1) is 0 Å². The summed E-state index contributed by atoms with van der Waals surface area (Å²) in [6, 6.07) is 11.1. The summed E-state index contributed by atoms with van der Waals surface area (Å²) in [7, 11) is -3.19. The Bertz CT molecular complexity index is 849. The highest BCUT2D eigenvalue weighted by Gasteiger charge is 2.18. The smallest absolute Gasteiger partial charge is 0.271 e. The lowest BCUT2D eigenvalue weighted by Crippen LogP contribution is -2.32. The SMILES string of the molecule is Cl.O=C(NCCCS(=O)(=O)Cc1ccccc1)c1ccn(C2CCCNC2)n1. The molecule has 1 aliphatic rings. The number of amides is 1. The predicted octanol–water partition coefficient (Wildman–Crippen LogP) is 1.96. The summed E-state index contributed by atoms with van der Waals surface area (Å²) in [4.78, 5) is 12.2. The molecule has 1 unspecified atom stereocenters. The molecule has 3 rings (SSSR count). The van der Waals surface area contributed by atoms with Gasteiger partial charge < -0.3 is 10.6 Å². The van der Waals surface area contributed by atoms with E-state index in [4.69, 9.17) is 0 Å². The molecule has 1 amide bonds. The van der Waals surface area contributed by atoms with Crippen LogP contribution in [-0.4, -0.2) is 49.5 Å². The Hall–Kier alpha value is -1.90. The van der Waals surface area contributed by atoms with Gasteiger partial charge in [-0.3, -0.25) is 9.48 Å². The zero-order chi connectivity index (χ0) is 19.1. The Morgan fingerprint density at radius 3 is 2.75 bits per heavy atom. The second-order valence-electron chi connectivity index (χ2n) is 6.87. The van der Waals surface area contributed by atoms with Gasteiger partial charge in [0.1, 0.15) is 5.69 Å². The maximum Gasteiger partial charge on any atom is 0.271 e. The topological polar surface area (TPSA) is 93.1 Å². The van der Waals surface area contributed by atoms with Crippen molar-refractivity contribution in [3.8, 4) is 0 Å². The Kier molecular flexibility index (Phi) is 8.47. The summed E-state index contributed by atoms with van der Waals surface area (Å²) in [6.45, 7) is 2.20. The number of carbonyl (C=O) groups excluding carboxylic acids is 1. The monoisotopic (exact) mass is 426 g/mol. The highest BCUT2D eigenvalue weighted by Crippen LogP contribution is 2.15. The van der Waals surface area contributed by atoms with Crippen LogP contribution in [-0.2, 0) is 15.6 Å². The molecule has 154 valence electrons. The van der Waals surface area contributed by atoms with Crippen molar-refractivity contribution in [1.82, 2.24) is 20.4 Å². The molecule has 0 saturated carbocycles. The van der Waals surface area contributed by atoms with Crippen molar-refractivity contribution in [2.45, 2.75) is 31.1 Å². The molecule has 0 spiro atoms. The molecule has 1 fully saturated rings. The molecule has 1 aromatic heterocycles. The van der Waals surface area contributed by atoms with Crippen molar-refractivity contribution in [3.05, 3.63) is 53.9 Å². The highest BCUT2D eigenvalue weighted by molar-refractivity contribution is 7.90. The number of hydrogen-bond acceptors (Lipinski definition) is 5. The van der Waals surface area contributed by atoms with Crippen LogP contribution in [0.1, 0.15) is 41.4 Å². The molecular weight excluding hydrogens is 400 g/mol. The number of rotatable bonds is 8. The lowest BCUT2D eigenvalue weighted by atomic mass is 10.1. The third-order valence-electron chi connectivity index (χ3n) is 4.63. The summed E-state index contributed by atoms with van der Waals surface area (Å²) in [5, 5.41) is 10.4. The number of benzene rings is 1. The van der Waals surface area contributed by atoms with Crippen molar-refractivity contribution in [2.75, 3.05) is 25.4 Å². The van der Waals surface area contributed by atoms with Crippen LogP contribution in [0.25, 0.3) is 0 Å². The Morgan fingerprint density at radius 2 is 2.04 bits per heavy atom. The minimum atomic E-state index is -3.19. The zero-order valence-electron chi connectivity index (χ0n) is 15.7. The highest BCUT2D eigenvalue weighted by atomic mass is 35.5. The van der Waals surface area contributed by atoms with E-state index in [1.165, 1.54) is 0 Å². The van der Waals surface area contributed by atoms with Gasteiger partial charge in [-0.05, 0) is 37.4 Å². The molecule has 1 saturated heterocycles. The quantitative estimate of drug-likeness (QED) is 0.629. The third-order valence-corrected chi connectivity index (χ3v) is 6.32. The van der Waals surface area contributed by atoms with Gasteiger partial charge in [-0.15, -0.1) is 12.4 Å². The molecule has 28 heavy (non-hydrogen) atoms. The van der Waals surface area contributed by atoms with E-state index >= 15 is 0 Å². The van der Waals surface area contributed by atoms with Gasteiger partial charge >= 0.3 is 0 Å². The van der Waals surface area contributed by atoms with Crippen molar-refractivity contribution >= 4 is 28.2 Å². The zero-order valence-corrected chi connectivity index (χ0v) is 17.3. The fraction of sp³-hybridized carbons (Fsp3) is 0.474. The van der Waals surface area contributed by atoms with Gasteiger partial charge in [-0.25, -0.2) is 8.42 Å². The fourth-order valence-electron chi connectivity index (χ4n) is 3.21. The van der Waals surface area contributed by atoms with E-state index in [1.54, 1.807) is 18.2 Å². The standard InChI is InChI=1S/C19H26N4O3S.ClH/c24-19(18-9-12-23(22-18)17-8-4-10-20-14-17)21-11-5-13-27(25,26)15-16-6-2-1-3-7-16;/h1-3,6-7,9,12,17,20H,4-5,8,10-11,13-15H2,(H,21,24);1H. The number of nitrogens with zero attached hydrogens (tertiary/aromatic N) is 2. The molecular formula is C19H27ClN4O3S. The minimum Gasteiger partial charge on any atom is -0.351 e. The van der Waals surface area contributed by atoms with Crippen LogP contribution in [0.3, 0.4) is 0 Å². The number of halogens is 1. The van der Waals surface area contributed by atoms with Gasteiger partial charge in [-0.1, -0.05) is 30.3 Å². The van der Waals surface area contributed by atoms with E-state index in [-0.39, 0.29) is 35.9 Å². The van der Waals surface area contributed by atoms with Crippen molar-refractivity contribution < 1.29 is 13.2 Å². The molecule has 0 radical (unpaired) electrons. The number of carbonyl (C=O) groups is 1. The van der Waals surface area contributed by atoms with Crippen molar-refractivity contribution in [1.29, 1.82) is 0 Å². The van der Waals surface area contributed by atoms with E-state index in [0.717, 1.165) is 31.5 Å². The van der Waals surface area contributed by atoms with E-state index in [1.807, 2.05) is 29.1 Å². The molecule has 7 nitrogen and oxygen atoms in total. The van der Waals surface area contributed by atoms with Crippen LogP contribution in [0.4, 0.5) is 0 Å². The van der Waals surface area contributed by atoms with Crippen LogP contribution in [0.15, 0.2) is 42.6 Å². The van der Waals surface area contributed by atoms with Crippen LogP contribution in [0.5, 0.6) is 0 Å². The summed E-state index contributed by atoms with van der Waals surface area (Å²) >= 11 is 0. The number of aromatic nitrogens is 2. The van der Waals surface area contributed by atoms with Crippen molar-refractivity contribution in [2.24, 2.45) is 0 Å². The summed E-state index contributed by atoms with van der Waals surface area (Å²) in [5.74, 6) is -0.190. The van der Waals surface area contributed by atoms with Gasteiger partial charge in [0.15, 0.2) is 9.84 Å². The average molecular weight is 427 g/mol. The number of sulfone groups is 1. The average Bonchev–Trinajstić information content (AvgIpc) is 3.17. The Labute approximate surface area is 172 Å². The summed E-state index contributed by atoms with van der Waals surface area (Å²) in [6.07, 6.45) is 4.36. The van der Waals surface area contributed by atoms with Crippen LogP contribution < -0.4 is 10.6 Å². The molecule has 1 aliphatic heterocycles. The minimum absolute atomic E-state index is 0. The Balaban J connectivity index is 0.00000280. The van der Waals surface area contributed by atoms with E-state index in [0.29, 0.717) is 18.7 Å². The molecule has 0 aliphatic carbocycles. The van der Waals surface area contributed by atoms with Gasteiger partial charge in [0.2, 0.25) is 0 Å². The maximum absolute atomic E-state index is 12.2. The largest absolute Gasteiger partial charge is 0.351 e. The first-order valence-corrected chi connectivity index (χ1v) is 11.1. The second kappa shape index (κ2) is 10.6. The first-order chi connectivity index (χ1) is 13.0. The van der Waals surface area contributed by atoms with Crippen molar-refractivity contribution in [3.63, 3.8) is 0 Å². The summed E-state index contributed by atoms with van der Waals surface area (Å²) < 4.78 is 26.2. The van der Waals surface area contributed by atoms with Gasteiger partial charge in [0.25, 0.3) is 5.91 Å². The number of nitrogens with one attached hydrogen (secondary N) is 2. The predicted molar refractivity (Wildman–Crippen MR) is 111 cm³/mol. The normalized spacial score (nSPS) is 16.9. The van der Waals surface area contributed by atoms with Crippen LogP contribution in [0.2, 0.25) is 0 Å². The van der Waals surface area contributed by atoms with Gasteiger partial charge in [-0.2, -0.15) is 5.10 Å². The maximum atomic E-state index is 12.2.